The monoisotopic (exact) mass is 594 g/mol. The maximum Gasteiger partial charge on any atom is 0.416 e. The molecule has 0 atom stereocenters. The van der Waals surface area contributed by atoms with E-state index in [1.165, 1.54) is 11.6 Å². The molecule has 2 aliphatic heterocycles. The lowest BCUT2D eigenvalue weighted by Crippen LogP contribution is -2.50. The van der Waals surface area contributed by atoms with Crippen LogP contribution in [0.1, 0.15) is 32.7 Å². The van der Waals surface area contributed by atoms with Gasteiger partial charge >= 0.3 is 6.18 Å². The highest BCUT2D eigenvalue weighted by molar-refractivity contribution is 7.89. The van der Waals surface area contributed by atoms with Crippen molar-refractivity contribution in [1.29, 1.82) is 0 Å². The average molecular weight is 595 g/mol. The molecule has 0 spiro atoms. The Hall–Kier alpha value is -3.80. The molecule has 0 radical (unpaired) electrons. The number of hydrogen-bond acceptors (Lipinski definition) is 5. The van der Waals surface area contributed by atoms with Crippen LogP contribution in [0.4, 0.5) is 13.2 Å². The summed E-state index contributed by atoms with van der Waals surface area (Å²) in [6.07, 6.45) is -3.95. The Morgan fingerprint density at radius 2 is 1.57 bits per heavy atom. The van der Waals surface area contributed by atoms with E-state index in [0.717, 1.165) is 51.7 Å². The number of alkyl halides is 3. The molecule has 7 nitrogen and oxygen atoms in total. The first-order valence-electron chi connectivity index (χ1n) is 13.7. The van der Waals surface area contributed by atoms with Gasteiger partial charge in [0.25, 0.3) is 5.91 Å². The maximum atomic E-state index is 14.1. The first kappa shape index (κ1) is 28.3. The van der Waals surface area contributed by atoms with Crippen LogP contribution in [0.25, 0.3) is 10.9 Å². The van der Waals surface area contributed by atoms with Gasteiger partial charge in [0.2, 0.25) is 10.0 Å². The number of nitrogens with zero attached hydrogens (tertiary/aromatic N) is 4. The van der Waals surface area contributed by atoms with Crippen LogP contribution in [-0.4, -0.2) is 66.1 Å². The minimum Gasteiger partial charge on any atom is -0.336 e. The van der Waals surface area contributed by atoms with Crippen LogP contribution < -0.4 is 0 Å². The summed E-state index contributed by atoms with van der Waals surface area (Å²) in [6.45, 7) is 2.32. The molecule has 4 aromatic rings. The summed E-state index contributed by atoms with van der Waals surface area (Å²) in [5.41, 5.74) is 3.27. The standard InChI is InChI=1S/C31H29F3N4O3S/c32-31(33,34)23-9-6-10-24(19-23)42(40,41)38-17-15-37(16-18-38)30(39)29-25-11-4-5-12-27(25)35-28-13-14-36(21-26(28)29)20-22-7-2-1-3-8-22/h1-12,19H,13-18,20-21H2. The molecule has 1 aromatic heterocycles. The summed E-state index contributed by atoms with van der Waals surface area (Å²) < 4.78 is 67.2. The molecule has 0 unspecified atom stereocenters. The number of pyridine rings is 1. The Morgan fingerprint density at radius 3 is 2.31 bits per heavy atom. The maximum absolute atomic E-state index is 14.1. The highest BCUT2D eigenvalue weighted by Gasteiger charge is 2.36. The van der Waals surface area contributed by atoms with Crippen LogP contribution in [0.15, 0.2) is 83.8 Å². The molecule has 6 rings (SSSR count). The van der Waals surface area contributed by atoms with E-state index in [-0.39, 0.29) is 32.1 Å². The molecule has 1 saturated heterocycles. The molecule has 11 heteroatoms. The third-order valence-corrected chi connectivity index (χ3v) is 9.81. The summed E-state index contributed by atoms with van der Waals surface area (Å²) in [5, 5.41) is 0.752. The predicted molar refractivity (Wildman–Crippen MR) is 152 cm³/mol. The first-order chi connectivity index (χ1) is 20.1. The molecule has 0 bridgehead atoms. The molecule has 0 N–H and O–H groups in total. The number of rotatable bonds is 5. The lowest BCUT2D eigenvalue weighted by molar-refractivity contribution is -0.137. The van der Waals surface area contributed by atoms with Gasteiger partial charge in [0, 0.05) is 68.9 Å². The number of hydrogen-bond donors (Lipinski definition) is 0. The molecule has 1 fully saturated rings. The fraction of sp³-hybridized carbons (Fsp3) is 0.290. The second-order valence-corrected chi connectivity index (χ2v) is 12.5. The van der Waals surface area contributed by atoms with Crippen molar-refractivity contribution >= 4 is 26.8 Å². The van der Waals surface area contributed by atoms with E-state index in [2.05, 4.69) is 17.0 Å². The molecular formula is C31H29F3N4O3S. The van der Waals surface area contributed by atoms with Gasteiger partial charge in [-0.3, -0.25) is 14.7 Å². The Bertz CT molecular complexity index is 1740. The summed E-state index contributed by atoms with van der Waals surface area (Å²) in [4.78, 5) is 22.5. The van der Waals surface area contributed by atoms with Crippen LogP contribution >= 0.6 is 0 Å². The number of aromatic nitrogens is 1. The van der Waals surface area contributed by atoms with Gasteiger partial charge in [0.1, 0.15) is 0 Å². The van der Waals surface area contributed by atoms with Gasteiger partial charge in [0.15, 0.2) is 0 Å². The third kappa shape index (κ3) is 5.51. The van der Waals surface area contributed by atoms with E-state index < -0.39 is 26.7 Å². The molecule has 0 saturated carbocycles. The van der Waals surface area contributed by atoms with Gasteiger partial charge in [-0.05, 0) is 29.8 Å². The van der Waals surface area contributed by atoms with Crippen LogP contribution in [0.3, 0.4) is 0 Å². The van der Waals surface area contributed by atoms with Crippen molar-refractivity contribution in [3.63, 3.8) is 0 Å². The van der Waals surface area contributed by atoms with Crippen molar-refractivity contribution in [1.82, 2.24) is 19.1 Å². The predicted octanol–water partition coefficient (Wildman–Crippen LogP) is 4.96. The van der Waals surface area contributed by atoms with Crippen LogP contribution in [0, 0.1) is 0 Å². The first-order valence-corrected chi connectivity index (χ1v) is 15.2. The number of carbonyl (C=O) groups excluding carboxylic acids is 1. The number of sulfonamides is 1. The summed E-state index contributed by atoms with van der Waals surface area (Å²) in [7, 11) is -4.17. The van der Waals surface area contributed by atoms with Crippen molar-refractivity contribution in [3.05, 3.63) is 107 Å². The molecule has 3 heterocycles. The quantitative estimate of drug-likeness (QED) is 0.327. The third-order valence-electron chi connectivity index (χ3n) is 7.91. The number of amides is 1. The Labute approximate surface area is 242 Å². The minimum atomic E-state index is -4.65. The molecule has 2 aliphatic rings. The Balaban J connectivity index is 1.25. The second-order valence-electron chi connectivity index (χ2n) is 10.6. The summed E-state index contributed by atoms with van der Waals surface area (Å²) in [5.74, 6) is -0.192. The van der Waals surface area contributed by atoms with E-state index in [0.29, 0.717) is 24.6 Å². The van der Waals surface area contributed by atoms with Gasteiger partial charge in [-0.1, -0.05) is 54.6 Å². The van der Waals surface area contributed by atoms with Crippen molar-refractivity contribution in [2.75, 3.05) is 32.7 Å². The lowest BCUT2D eigenvalue weighted by Gasteiger charge is -2.36. The van der Waals surface area contributed by atoms with Gasteiger partial charge in [-0.15, -0.1) is 0 Å². The Kier molecular flexibility index (Phi) is 7.50. The van der Waals surface area contributed by atoms with Crippen molar-refractivity contribution in [2.45, 2.75) is 30.6 Å². The number of benzene rings is 3. The largest absolute Gasteiger partial charge is 0.416 e. The van der Waals surface area contributed by atoms with Crippen LogP contribution in [0.2, 0.25) is 0 Å². The number of fused-ring (bicyclic) bond motifs is 2. The SMILES string of the molecule is O=C(c1c2c(nc3ccccc13)CCN(Cc1ccccc1)C2)N1CCN(S(=O)(=O)c2cccc(C(F)(F)F)c2)CC1. The van der Waals surface area contributed by atoms with Crippen molar-refractivity contribution < 1.29 is 26.4 Å². The van der Waals surface area contributed by atoms with Gasteiger partial charge < -0.3 is 4.90 Å². The smallest absolute Gasteiger partial charge is 0.336 e. The van der Waals surface area contributed by atoms with E-state index in [4.69, 9.17) is 4.98 Å². The zero-order chi connectivity index (χ0) is 29.5. The molecule has 0 aliphatic carbocycles. The molecule has 1 amide bonds. The molecule has 218 valence electrons. The van der Waals surface area contributed by atoms with E-state index >= 15 is 0 Å². The minimum absolute atomic E-state index is 0.0182. The Morgan fingerprint density at radius 1 is 0.857 bits per heavy atom. The van der Waals surface area contributed by atoms with Crippen LogP contribution in [0.5, 0.6) is 0 Å². The van der Waals surface area contributed by atoms with Gasteiger partial charge in [-0.2, -0.15) is 17.5 Å². The van der Waals surface area contributed by atoms with E-state index in [1.54, 1.807) is 4.90 Å². The van der Waals surface area contributed by atoms with E-state index in [1.807, 2.05) is 42.5 Å². The fourth-order valence-electron chi connectivity index (χ4n) is 5.74. The van der Waals surface area contributed by atoms with Gasteiger partial charge in [-0.25, -0.2) is 8.42 Å². The molecule has 3 aromatic carbocycles. The van der Waals surface area contributed by atoms with Crippen molar-refractivity contribution in [3.8, 4) is 0 Å². The number of halogens is 3. The molecular weight excluding hydrogens is 565 g/mol. The number of piperazine rings is 1. The normalized spacial score (nSPS) is 16.9. The van der Waals surface area contributed by atoms with Crippen LogP contribution in [-0.2, 0) is 35.7 Å². The highest BCUT2D eigenvalue weighted by atomic mass is 32.2. The molecule has 42 heavy (non-hydrogen) atoms. The topological polar surface area (TPSA) is 73.8 Å². The lowest BCUT2D eigenvalue weighted by atomic mass is 9.94. The second kappa shape index (κ2) is 11.1. The zero-order valence-electron chi connectivity index (χ0n) is 22.7. The van der Waals surface area contributed by atoms with E-state index in [9.17, 15) is 26.4 Å². The average Bonchev–Trinajstić information content (AvgIpc) is 3.00. The highest BCUT2D eigenvalue weighted by Crippen LogP contribution is 2.33. The van der Waals surface area contributed by atoms with Crippen molar-refractivity contribution in [2.24, 2.45) is 0 Å². The van der Waals surface area contributed by atoms with Gasteiger partial charge in [0.05, 0.1) is 21.5 Å². The number of carbonyl (C=O) groups is 1. The number of para-hydroxylation sites is 1. The summed E-state index contributed by atoms with van der Waals surface area (Å²) >= 11 is 0. The zero-order valence-corrected chi connectivity index (χ0v) is 23.5. The fourth-order valence-corrected chi connectivity index (χ4v) is 7.21. The summed E-state index contributed by atoms with van der Waals surface area (Å²) in [6, 6.07) is 21.4.